The number of benzene rings is 2. The molecule has 100 valence electrons. The van der Waals surface area contributed by atoms with E-state index < -0.39 is 22.8 Å². The number of rotatable bonds is 3. The standard InChI is InChI=1S/C14H9Cl2F3/c15-10-5-4-8(7-13(10)18)11(16)6-9-2-1-3-12(17)14(9)19/h1-5,7,11H,6H2. The Labute approximate surface area is 118 Å². The van der Waals surface area contributed by atoms with E-state index in [1.54, 1.807) is 6.07 Å². The summed E-state index contributed by atoms with van der Waals surface area (Å²) in [5.74, 6) is -2.45. The van der Waals surface area contributed by atoms with Gasteiger partial charge >= 0.3 is 0 Å². The first kappa shape index (κ1) is 14.2. The predicted octanol–water partition coefficient (Wildman–Crippen LogP) is 5.28. The molecule has 1 atom stereocenters. The van der Waals surface area contributed by atoms with E-state index in [0.717, 1.165) is 6.07 Å². The van der Waals surface area contributed by atoms with Crippen LogP contribution in [0.2, 0.25) is 5.02 Å². The van der Waals surface area contributed by atoms with E-state index in [2.05, 4.69) is 0 Å². The minimum atomic E-state index is -0.928. The Bertz CT molecular complexity index is 599. The van der Waals surface area contributed by atoms with E-state index in [1.807, 2.05) is 0 Å². The minimum absolute atomic E-state index is 0.00967. The average Bonchev–Trinajstić information content (AvgIpc) is 2.38. The normalized spacial score (nSPS) is 12.5. The van der Waals surface area contributed by atoms with Crippen molar-refractivity contribution >= 4 is 23.2 Å². The van der Waals surface area contributed by atoms with Gasteiger partial charge in [0.1, 0.15) is 5.82 Å². The Balaban J connectivity index is 2.23. The third kappa shape index (κ3) is 3.23. The molecule has 2 aromatic carbocycles. The zero-order valence-corrected chi connectivity index (χ0v) is 11.2. The van der Waals surface area contributed by atoms with Gasteiger partial charge in [0.05, 0.1) is 10.4 Å². The fourth-order valence-electron chi connectivity index (χ4n) is 1.72. The lowest BCUT2D eigenvalue weighted by molar-refractivity contribution is 0.498. The van der Waals surface area contributed by atoms with Gasteiger partial charge in [0.2, 0.25) is 0 Å². The molecule has 0 saturated carbocycles. The van der Waals surface area contributed by atoms with Gasteiger partial charge in [-0.2, -0.15) is 0 Å². The third-order valence-corrected chi connectivity index (χ3v) is 3.45. The van der Waals surface area contributed by atoms with E-state index in [9.17, 15) is 13.2 Å². The smallest absolute Gasteiger partial charge is 0.162 e. The molecule has 5 heteroatoms. The Morgan fingerprint density at radius 1 is 1.00 bits per heavy atom. The molecule has 0 aliphatic rings. The lowest BCUT2D eigenvalue weighted by Crippen LogP contribution is -2.00. The van der Waals surface area contributed by atoms with Crippen molar-refractivity contribution in [1.29, 1.82) is 0 Å². The fourth-order valence-corrected chi connectivity index (χ4v) is 2.14. The van der Waals surface area contributed by atoms with Crippen LogP contribution >= 0.6 is 23.2 Å². The summed E-state index contributed by atoms with van der Waals surface area (Å²) < 4.78 is 39.8. The fraction of sp³-hybridized carbons (Fsp3) is 0.143. The molecule has 0 fully saturated rings. The summed E-state index contributed by atoms with van der Waals surface area (Å²) in [5.41, 5.74) is 0.614. The zero-order valence-electron chi connectivity index (χ0n) is 9.64. The highest BCUT2D eigenvalue weighted by Crippen LogP contribution is 2.29. The van der Waals surface area contributed by atoms with Crippen LogP contribution < -0.4 is 0 Å². The highest BCUT2D eigenvalue weighted by atomic mass is 35.5. The van der Waals surface area contributed by atoms with Crippen LogP contribution in [0.1, 0.15) is 16.5 Å². The topological polar surface area (TPSA) is 0 Å². The summed E-state index contributed by atoms with van der Waals surface area (Å²) in [6.07, 6.45) is 0.0617. The lowest BCUT2D eigenvalue weighted by atomic mass is 10.0. The summed E-state index contributed by atoms with van der Waals surface area (Å²) >= 11 is 11.7. The molecule has 0 N–H and O–H groups in total. The van der Waals surface area contributed by atoms with Gasteiger partial charge in [-0.15, -0.1) is 11.6 Å². The number of alkyl halides is 1. The molecule has 1 unspecified atom stereocenters. The zero-order chi connectivity index (χ0) is 14.0. The van der Waals surface area contributed by atoms with Crippen LogP contribution in [0.4, 0.5) is 13.2 Å². The highest BCUT2D eigenvalue weighted by Gasteiger charge is 2.15. The molecule has 0 aromatic heterocycles. The van der Waals surface area contributed by atoms with E-state index in [-0.39, 0.29) is 17.0 Å². The number of hydrogen-bond donors (Lipinski definition) is 0. The van der Waals surface area contributed by atoms with Crippen LogP contribution in [0.25, 0.3) is 0 Å². The maximum Gasteiger partial charge on any atom is 0.162 e. The van der Waals surface area contributed by atoms with Crippen LogP contribution in [-0.4, -0.2) is 0 Å². The minimum Gasteiger partial charge on any atom is -0.205 e. The van der Waals surface area contributed by atoms with Crippen LogP contribution in [0.15, 0.2) is 36.4 Å². The molecule has 2 rings (SSSR count). The Kier molecular flexibility index (Phi) is 4.38. The molecule has 0 spiro atoms. The van der Waals surface area contributed by atoms with Crippen molar-refractivity contribution in [3.8, 4) is 0 Å². The van der Waals surface area contributed by atoms with Crippen molar-refractivity contribution in [3.05, 3.63) is 70.0 Å². The average molecular weight is 305 g/mol. The molecule has 19 heavy (non-hydrogen) atoms. The second kappa shape index (κ2) is 5.85. The molecule has 0 saturated heterocycles. The van der Waals surface area contributed by atoms with Crippen molar-refractivity contribution < 1.29 is 13.2 Å². The van der Waals surface area contributed by atoms with Gasteiger partial charge in [-0.1, -0.05) is 29.8 Å². The first-order valence-corrected chi connectivity index (χ1v) is 6.32. The molecule has 0 aliphatic carbocycles. The molecule has 0 amide bonds. The van der Waals surface area contributed by atoms with Gasteiger partial charge in [0.15, 0.2) is 11.6 Å². The molecular formula is C14H9Cl2F3. The second-order valence-electron chi connectivity index (χ2n) is 4.06. The highest BCUT2D eigenvalue weighted by molar-refractivity contribution is 6.30. The molecule has 0 nitrogen and oxygen atoms in total. The summed E-state index contributed by atoms with van der Waals surface area (Å²) in [7, 11) is 0. The van der Waals surface area contributed by atoms with Crippen molar-refractivity contribution in [2.45, 2.75) is 11.8 Å². The van der Waals surface area contributed by atoms with Crippen LogP contribution in [0, 0.1) is 17.5 Å². The maximum absolute atomic E-state index is 13.5. The SMILES string of the molecule is Fc1cc(C(Cl)Cc2cccc(F)c2F)ccc1Cl. The molecule has 0 aliphatic heterocycles. The quantitative estimate of drug-likeness (QED) is 0.677. The molecule has 0 bridgehead atoms. The predicted molar refractivity (Wildman–Crippen MR) is 70.1 cm³/mol. The van der Waals surface area contributed by atoms with Crippen molar-refractivity contribution in [1.82, 2.24) is 0 Å². The third-order valence-electron chi connectivity index (χ3n) is 2.74. The first-order valence-electron chi connectivity index (χ1n) is 5.51. The monoisotopic (exact) mass is 304 g/mol. The molecule has 2 aromatic rings. The van der Waals surface area contributed by atoms with Gasteiger partial charge in [0, 0.05) is 0 Å². The number of halogens is 5. The van der Waals surface area contributed by atoms with Crippen LogP contribution in [0.5, 0.6) is 0 Å². The van der Waals surface area contributed by atoms with E-state index >= 15 is 0 Å². The Hall–Kier alpha value is -1.19. The van der Waals surface area contributed by atoms with Gasteiger partial charge in [-0.05, 0) is 35.7 Å². The summed E-state index contributed by atoms with van der Waals surface area (Å²) in [5, 5.41) is -0.674. The molecule has 0 radical (unpaired) electrons. The number of hydrogen-bond acceptors (Lipinski definition) is 0. The van der Waals surface area contributed by atoms with Crippen molar-refractivity contribution in [2.24, 2.45) is 0 Å². The maximum atomic E-state index is 13.5. The molecule has 0 heterocycles. The van der Waals surface area contributed by atoms with Gasteiger partial charge < -0.3 is 0 Å². The van der Waals surface area contributed by atoms with Gasteiger partial charge in [-0.25, -0.2) is 13.2 Å². The largest absolute Gasteiger partial charge is 0.205 e. The lowest BCUT2D eigenvalue weighted by Gasteiger charge is -2.11. The Morgan fingerprint density at radius 3 is 2.42 bits per heavy atom. The van der Waals surface area contributed by atoms with Crippen molar-refractivity contribution in [3.63, 3.8) is 0 Å². The van der Waals surface area contributed by atoms with Gasteiger partial charge in [-0.3, -0.25) is 0 Å². The van der Waals surface area contributed by atoms with Crippen LogP contribution in [0.3, 0.4) is 0 Å². The van der Waals surface area contributed by atoms with E-state index in [0.29, 0.717) is 5.56 Å². The van der Waals surface area contributed by atoms with E-state index in [4.69, 9.17) is 23.2 Å². The van der Waals surface area contributed by atoms with Gasteiger partial charge in [0.25, 0.3) is 0 Å². The second-order valence-corrected chi connectivity index (χ2v) is 4.99. The first-order chi connectivity index (χ1) is 8.99. The van der Waals surface area contributed by atoms with E-state index in [1.165, 1.54) is 24.3 Å². The summed E-state index contributed by atoms with van der Waals surface area (Å²) in [6.45, 7) is 0. The Morgan fingerprint density at radius 2 is 1.74 bits per heavy atom. The van der Waals surface area contributed by atoms with Crippen molar-refractivity contribution in [2.75, 3.05) is 0 Å². The van der Waals surface area contributed by atoms with Crippen LogP contribution in [-0.2, 0) is 6.42 Å². The summed E-state index contributed by atoms with van der Waals surface area (Å²) in [4.78, 5) is 0. The molecular weight excluding hydrogens is 296 g/mol. The summed E-state index contributed by atoms with van der Waals surface area (Å²) in [6, 6.07) is 8.00.